The van der Waals surface area contributed by atoms with E-state index in [-0.39, 0.29) is 11.8 Å². The Morgan fingerprint density at radius 3 is 2.58 bits per heavy atom. The molecule has 1 heterocycles. The van der Waals surface area contributed by atoms with Crippen molar-refractivity contribution in [1.29, 1.82) is 0 Å². The fraction of sp³-hybridized carbons (Fsp3) is 0.400. The Kier molecular flexibility index (Phi) is 5.14. The van der Waals surface area contributed by atoms with Gasteiger partial charge >= 0.3 is 0 Å². The highest BCUT2D eigenvalue weighted by Crippen LogP contribution is 2.25. The maximum Gasteiger partial charge on any atom is 0.227 e. The molecule has 4 heteroatoms. The summed E-state index contributed by atoms with van der Waals surface area (Å²) in [5.74, 6) is 1.07. The number of hydrogen-bond acceptors (Lipinski definition) is 3. The van der Waals surface area contributed by atoms with Gasteiger partial charge in [-0.3, -0.25) is 4.79 Å². The lowest BCUT2D eigenvalue weighted by molar-refractivity contribution is -0.120. The highest BCUT2D eigenvalue weighted by atomic mass is 16.1. The summed E-state index contributed by atoms with van der Waals surface area (Å²) in [4.78, 5) is 16.7. The van der Waals surface area contributed by atoms with Gasteiger partial charge in [-0.05, 0) is 56.0 Å². The van der Waals surface area contributed by atoms with Crippen molar-refractivity contribution in [1.82, 2.24) is 4.98 Å². The molecule has 1 aliphatic carbocycles. The van der Waals surface area contributed by atoms with Crippen LogP contribution in [0.2, 0.25) is 0 Å². The fourth-order valence-corrected chi connectivity index (χ4v) is 3.18. The minimum Gasteiger partial charge on any atom is -0.340 e. The zero-order valence-corrected chi connectivity index (χ0v) is 14.4. The van der Waals surface area contributed by atoms with Crippen molar-refractivity contribution in [3.8, 4) is 0 Å². The first-order valence-corrected chi connectivity index (χ1v) is 8.73. The minimum absolute atomic E-state index is 0.131. The number of nitrogens with one attached hydrogen (secondary N) is 2. The van der Waals surface area contributed by atoms with Crippen molar-refractivity contribution in [2.75, 3.05) is 10.6 Å². The Hall–Kier alpha value is -2.36. The molecule has 1 amide bonds. The smallest absolute Gasteiger partial charge is 0.227 e. The van der Waals surface area contributed by atoms with Crippen LogP contribution >= 0.6 is 0 Å². The second-order valence-corrected chi connectivity index (χ2v) is 6.63. The van der Waals surface area contributed by atoms with Crippen LogP contribution in [0.25, 0.3) is 0 Å². The topological polar surface area (TPSA) is 54.0 Å². The van der Waals surface area contributed by atoms with E-state index in [4.69, 9.17) is 0 Å². The van der Waals surface area contributed by atoms with Crippen LogP contribution in [0.4, 0.5) is 17.2 Å². The molecule has 0 spiro atoms. The molecule has 0 radical (unpaired) electrons. The van der Waals surface area contributed by atoms with Crippen LogP contribution in [0, 0.1) is 19.8 Å². The molecule has 0 atom stereocenters. The number of amides is 1. The molecule has 4 nitrogen and oxygen atoms in total. The van der Waals surface area contributed by atoms with Gasteiger partial charge in [-0.25, -0.2) is 4.98 Å². The monoisotopic (exact) mass is 323 g/mol. The fourth-order valence-electron chi connectivity index (χ4n) is 3.18. The molecule has 24 heavy (non-hydrogen) atoms. The number of aromatic nitrogens is 1. The third-order valence-corrected chi connectivity index (χ3v) is 4.87. The maximum absolute atomic E-state index is 12.3. The second kappa shape index (κ2) is 7.47. The summed E-state index contributed by atoms with van der Waals surface area (Å²) in [6, 6.07) is 9.98. The van der Waals surface area contributed by atoms with Crippen molar-refractivity contribution in [3.63, 3.8) is 0 Å². The summed E-state index contributed by atoms with van der Waals surface area (Å²) in [6.07, 6.45) is 7.30. The van der Waals surface area contributed by atoms with Crippen LogP contribution in [-0.4, -0.2) is 10.9 Å². The zero-order valence-electron chi connectivity index (χ0n) is 14.4. The molecule has 0 saturated heterocycles. The summed E-state index contributed by atoms with van der Waals surface area (Å²) in [6.45, 7) is 4.19. The van der Waals surface area contributed by atoms with Crippen molar-refractivity contribution in [2.24, 2.45) is 5.92 Å². The number of rotatable bonds is 4. The Labute approximate surface area is 143 Å². The van der Waals surface area contributed by atoms with E-state index in [1.165, 1.54) is 17.5 Å². The van der Waals surface area contributed by atoms with E-state index >= 15 is 0 Å². The molecular weight excluding hydrogens is 298 g/mol. The van der Waals surface area contributed by atoms with Gasteiger partial charge < -0.3 is 10.6 Å². The molecule has 1 saturated carbocycles. The van der Waals surface area contributed by atoms with Gasteiger partial charge in [0.2, 0.25) is 5.91 Å². The number of nitrogens with zero attached hydrogens (tertiary/aromatic N) is 1. The van der Waals surface area contributed by atoms with Crippen LogP contribution in [0.15, 0.2) is 36.5 Å². The SMILES string of the molecule is Cc1cccc(Nc2ccc(NC(=O)C3CCCCC3)cn2)c1C. The lowest BCUT2D eigenvalue weighted by Crippen LogP contribution is -2.24. The van der Waals surface area contributed by atoms with Gasteiger partial charge in [-0.1, -0.05) is 31.4 Å². The van der Waals surface area contributed by atoms with E-state index in [0.717, 1.165) is 42.9 Å². The molecule has 3 rings (SSSR count). The number of carbonyl (C=O) groups is 1. The summed E-state index contributed by atoms with van der Waals surface area (Å²) in [7, 11) is 0. The summed E-state index contributed by atoms with van der Waals surface area (Å²) < 4.78 is 0. The standard InChI is InChI=1S/C20H25N3O/c1-14-7-6-10-18(15(14)2)23-19-12-11-17(13-21-19)22-20(24)16-8-4-3-5-9-16/h6-7,10-13,16H,3-5,8-9H2,1-2H3,(H,21,23)(H,22,24). The van der Waals surface area contributed by atoms with Gasteiger partial charge in [0.15, 0.2) is 0 Å². The highest BCUT2D eigenvalue weighted by molar-refractivity contribution is 5.92. The summed E-state index contributed by atoms with van der Waals surface area (Å²) >= 11 is 0. The molecular formula is C20H25N3O. The van der Waals surface area contributed by atoms with Crippen molar-refractivity contribution in [2.45, 2.75) is 46.0 Å². The zero-order chi connectivity index (χ0) is 16.9. The lowest BCUT2D eigenvalue weighted by atomic mass is 9.88. The van der Waals surface area contributed by atoms with Gasteiger partial charge in [-0.2, -0.15) is 0 Å². The molecule has 0 bridgehead atoms. The van der Waals surface area contributed by atoms with E-state index in [9.17, 15) is 4.79 Å². The summed E-state index contributed by atoms with van der Waals surface area (Å²) in [5.41, 5.74) is 4.28. The van der Waals surface area contributed by atoms with Crippen LogP contribution in [0.3, 0.4) is 0 Å². The Bertz CT molecular complexity index is 703. The third kappa shape index (κ3) is 3.94. The quantitative estimate of drug-likeness (QED) is 0.836. The van der Waals surface area contributed by atoms with Crippen molar-refractivity contribution in [3.05, 3.63) is 47.7 Å². The van der Waals surface area contributed by atoms with Crippen LogP contribution in [-0.2, 0) is 4.79 Å². The van der Waals surface area contributed by atoms with Crippen LogP contribution in [0.5, 0.6) is 0 Å². The molecule has 1 aromatic heterocycles. The average molecular weight is 323 g/mol. The molecule has 1 aliphatic rings. The Morgan fingerprint density at radius 2 is 1.88 bits per heavy atom. The molecule has 0 unspecified atom stereocenters. The third-order valence-electron chi connectivity index (χ3n) is 4.87. The maximum atomic E-state index is 12.3. The van der Waals surface area contributed by atoms with E-state index in [1.807, 2.05) is 24.3 Å². The number of anilines is 3. The Morgan fingerprint density at radius 1 is 1.08 bits per heavy atom. The van der Waals surface area contributed by atoms with Gasteiger partial charge in [0.1, 0.15) is 5.82 Å². The van der Waals surface area contributed by atoms with Crippen molar-refractivity contribution >= 4 is 23.1 Å². The number of carbonyl (C=O) groups excluding carboxylic acids is 1. The number of pyridine rings is 1. The number of hydrogen-bond donors (Lipinski definition) is 2. The van der Waals surface area contributed by atoms with Gasteiger partial charge in [0, 0.05) is 11.6 Å². The van der Waals surface area contributed by atoms with Gasteiger partial charge in [-0.15, -0.1) is 0 Å². The number of aryl methyl sites for hydroxylation is 1. The van der Waals surface area contributed by atoms with Crippen LogP contribution in [0.1, 0.15) is 43.2 Å². The predicted octanol–water partition coefficient (Wildman–Crippen LogP) is 4.96. The molecule has 2 N–H and O–H groups in total. The number of benzene rings is 1. The van der Waals surface area contributed by atoms with Crippen LogP contribution < -0.4 is 10.6 Å². The van der Waals surface area contributed by atoms with Gasteiger partial charge in [0.25, 0.3) is 0 Å². The first-order chi connectivity index (χ1) is 11.6. The van der Waals surface area contributed by atoms with E-state index in [1.54, 1.807) is 6.20 Å². The highest BCUT2D eigenvalue weighted by Gasteiger charge is 2.21. The van der Waals surface area contributed by atoms with E-state index in [2.05, 4.69) is 35.5 Å². The van der Waals surface area contributed by atoms with E-state index in [0.29, 0.717) is 0 Å². The average Bonchev–Trinajstić information content (AvgIpc) is 2.61. The predicted molar refractivity (Wildman–Crippen MR) is 98.6 cm³/mol. The molecule has 126 valence electrons. The minimum atomic E-state index is 0.131. The summed E-state index contributed by atoms with van der Waals surface area (Å²) in [5, 5.41) is 6.33. The first-order valence-electron chi connectivity index (χ1n) is 8.73. The normalized spacial score (nSPS) is 15.1. The largest absolute Gasteiger partial charge is 0.340 e. The van der Waals surface area contributed by atoms with Crippen molar-refractivity contribution < 1.29 is 4.79 Å². The molecule has 1 fully saturated rings. The molecule has 1 aromatic carbocycles. The molecule has 0 aliphatic heterocycles. The van der Waals surface area contributed by atoms with E-state index < -0.39 is 0 Å². The second-order valence-electron chi connectivity index (χ2n) is 6.63. The molecule has 2 aromatic rings. The Balaban J connectivity index is 1.62. The van der Waals surface area contributed by atoms with Gasteiger partial charge in [0.05, 0.1) is 11.9 Å². The lowest BCUT2D eigenvalue weighted by Gasteiger charge is -2.20. The first kappa shape index (κ1) is 16.5.